The highest BCUT2D eigenvalue weighted by Crippen LogP contribution is 2.12. The van der Waals surface area contributed by atoms with Crippen molar-refractivity contribution in [2.45, 2.75) is 0 Å². The summed E-state index contributed by atoms with van der Waals surface area (Å²) in [6.07, 6.45) is 1.71. The molecule has 1 aromatic rings. The average molecular weight is 458 g/mol. The fraction of sp³-hybridized carbons (Fsp3) is 0.652. The molecule has 0 saturated carbocycles. The van der Waals surface area contributed by atoms with Gasteiger partial charge in [-0.25, -0.2) is 0 Å². The molecule has 0 radical (unpaired) electrons. The predicted molar refractivity (Wildman–Crippen MR) is 122 cm³/mol. The van der Waals surface area contributed by atoms with Crippen LogP contribution in [0.2, 0.25) is 0 Å². The van der Waals surface area contributed by atoms with Gasteiger partial charge >= 0.3 is 0 Å². The monoisotopic (exact) mass is 457 g/mol. The van der Waals surface area contributed by atoms with Crippen LogP contribution in [0.25, 0.3) is 0 Å². The molecule has 0 spiro atoms. The third-order valence-corrected chi connectivity index (χ3v) is 3.84. The van der Waals surface area contributed by atoms with E-state index in [0.717, 1.165) is 5.75 Å². The molecule has 0 unspecified atom stereocenters. The Labute approximate surface area is 191 Å². The summed E-state index contributed by atoms with van der Waals surface area (Å²) in [5, 5.41) is 0. The number of hydrogen-bond donors (Lipinski definition) is 1. The van der Waals surface area contributed by atoms with Crippen LogP contribution >= 0.6 is 0 Å². The van der Waals surface area contributed by atoms with Gasteiger partial charge in [-0.15, -0.1) is 6.58 Å². The lowest BCUT2D eigenvalue weighted by molar-refractivity contribution is -0.0205. The Morgan fingerprint density at radius 3 is 1.25 bits per heavy atom. The van der Waals surface area contributed by atoms with Crippen molar-refractivity contribution in [2.24, 2.45) is 0 Å². The Hall–Kier alpha value is -1.72. The van der Waals surface area contributed by atoms with Crippen LogP contribution in [0.5, 0.6) is 5.75 Å². The zero-order chi connectivity index (χ0) is 23.0. The molecule has 0 fully saturated rings. The van der Waals surface area contributed by atoms with Crippen molar-refractivity contribution in [1.29, 1.82) is 0 Å². The first kappa shape index (κ1) is 28.3. The number of benzene rings is 1. The highest BCUT2D eigenvalue weighted by molar-refractivity contribution is 5.41. The number of hydrogen-bond acceptors (Lipinski definition) is 9. The molecule has 9 nitrogen and oxygen atoms in total. The van der Waals surface area contributed by atoms with Crippen LogP contribution in [0.1, 0.15) is 0 Å². The minimum Gasteiger partial charge on any atom is -0.491 e. The second kappa shape index (κ2) is 22.5. The fourth-order valence-electron chi connectivity index (χ4n) is 2.27. The molecule has 0 heterocycles. The zero-order valence-corrected chi connectivity index (χ0v) is 19.0. The standard InChI is InChI=1S/C23H39NO8/c1-2-7-25-8-9-26-10-11-27-12-13-28-14-15-29-16-17-30-18-19-31-20-21-32-23-5-3-22(24)4-6-23/h2-6H,1,7-21,24H2. The van der Waals surface area contributed by atoms with E-state index < -0.39 is 0 Å². The smallest absolute Gasteiger partial charge is 0.119 e. The van der Waals surface area contributed by atoms with Gasteiger partial charge in [-0.05, 0) is 24.3 Å². The molecule has 184 valence electrons. The van der Waals surface area contributed by atoms with Gasteiger partial charge in [0, 0.05) is 5.69 Å². The van der Waals surface area contributed by atoms with E-state index in [1.165, 1.54) is 0 Å². The molecular weight excluding hydrogens is 418 g/mol. The summed E-state index contributed by atoms with van der Waals surface area (Å²) in [4.78, 5) is 0. The molecule has 0 aliphatic carbocycles. The van der Waals surface area contributed by atoms with Gasteiger partial charge in [0.2, 0.25) is 0 Å². The fourth-order valence-corrected chi connectivity index (χ4v) is 2.27. The van der Waals surface area contributed by atoms with Gasteiger partial charge in [-0.1, -0.05) is 6.08 Å². The highest BCUT2D eigenvalue weighted by atomic mass is 16.6. The first-order chi connectivity index (χ1) is 15.8. The topological polar surface area (TPSA) is 99.9 Å². The normalized spacial score (nSPS) is 11.0. The average Bonchev–Trinajstić information content (AvgIpc) is 2.81. The lowest BCUT2D eigenvalue weighted by Gasteiger charge is -2.09. The summed E-state index contributed by atoms with van der Waals surface area (Å²) < 4.78 is 43.2. The second-order valence-electron chi connectivity index (χ2n) is 6.46. The highest BCUT2D eigenvalue weighted by Gasteiger charge is 1.96. The van der Waals surface area contributed by atoms with Crippen LogP contribution in [-0.4, -0.2) is 99.1 Å². The quantitative estimate of drug-likeness (QED) is 0.142. The molecule has 0 atom stereocenters. The molecule has 0 aromatic heterocycles. The van der Waals surface area contributed by atoms with E-state index in [0.29, 0.717) is 105 Å². The summed E-state index contributed by atoms with van der Waals surface area (Å²) in [6, 6.07) is 7.27. The Morgan fingerprint density at radius 1 is 0.531 bits per heavy atom. The van der Waals surface area contributed by atoms with E-state index in [-0.39, 0.29) is 0 Å². The molecule has 0 saturated heterocycles. The number of nitrogen functional groups attached to an aromatic ring is 1. The van der Waals surface area contributed by atoms with Crippen molar-refractivity contribution < 1.29 is 37.9 Å². The van der Waals surface area contributed by atoms with E-state index in [1.807, 2.05) is 12.1 Å². The summed E-state index contributed by atoms with van der Waals surface area (Å²) in [5.41, 5.74) is 6.34. The van der Waals surface area contributed by atoms with Crippen molar-refractivity contribution in [1.82, 2.24) is 0 Å². The molecular formula is C23H39NO8. The van der Waals surface area contributed by atoms with Gasteiger partial charge in [0.15, 0.2) is 0 Å². The SMILES string of the molecule is C=CCOCCOCCOCCOCCOCCOCCOCCOc1ccc(N)cc1. The molecule has 0 aliphatic heterocycles. The van der Waals surface area contributed by atoms with Crippen molar-refractivity contribution in [3.8, 4) is 5.75 Å². The molecule has 32 heavy (non-hydrogen) atoms. The van der Waals surface area contributed by atoms with E-state index >= 15 is 0 Å². The maximum Gasteiger partial charge on any atom is 0.119 e. The number of rotatable bonds is 24. The lowest BCUT2D eigenvalue weighted by Crippen LogP contribution is -2.15. The van der Waals surface area contributed by atoms with Crippen molar-refractivity contribution in [3.05, 3.63) is 36.9 Å². The Bertz CT molecular complexity index is 529. The Balaban J connectivity index is 1.67. The van der Waals surface area contributed by atoms with Gasteiger partial charge in [-0.2, -0.15) is 0 Å². The van der Waals surface area contributed by atoms with E-state index in [2.05, 4.69) is 6.58 Å². The third-order valence-electron chi connectivity index (χ3n) is 3.84. The molecule has 1 aromatic carbocycles. The first-order valence-corrected chi connectivity index (χ1v) is 11.0. The lowest BCUT2D eigenvalue weighted by atomic mass is 10.3. The van der Waals surface area contributed by atoms with Crippen molar-refractivity contribution in [3.63, 3.8) is 0 Å². The van der Waals surface area contributed by atoms with Crippen LogP contribution in [0.3, 0.4) is 0 Å². The molecule has 0 aliphatic rings. The van der Waals surface area contributed by atoms with Gasteiger partial charge < -0.3 is 43.6 Å². The van der Waals surface area contributed by atoms with E-state index in [1.54, 1.807) is 18.2 Å². The largest absolute Gasteiger partial charge is 0.491 e. The first-order valence-electron chi connectivity index (χ1n) is 11.0. The molecule has 9 heteroatoms. The van der Waals surface area contributed by atoms with Crippen LogP contribution in [-0.2, 0) is 33.2 Å². The number of nitrogens with two attached hydrogens (primary N) is 1. The second-order valence-corrected chi connectivity index (χ2v) is 6.46. The number of ether oxygens (including phenoxy) is 8. The van der Waals surface area contributed by atoms with Gasteiger partial charge in [0.05, 0.1) is 92.5 Å². The van der Waals surface area contributed by atoms with Crippen LogP contribution < -0.4 is 10.5 Å². The Kier molecular flexibility index (Phi) is 19.9. The summed E-state index contributed by atoms with van der Waals surface area (Å²) >= 11 is 0. The van der Waals surface area contributed by atoms with Crippen LogP contribution in [0.4, 0.5) is 5.69 Å². The minimum atomic E-state index is 0.484. The van der Waals surface area contributed by atoms with Crippen molar-refractivity contribution >= 4 is 5.69 Å². The van der Waals surface area contributed by atoms with Crippen LogP contribution in [0, 0.1) is 0 Å². The van der Waals surface area contributed by atoms with Gasteiger partial charge in [0.25, 0.3) is 0 Å². The molecule has 1 rings (SSSR count). The Morgan fingerprint density at radius 2 is 0.875 bits per heavy atom. The van der Waals surface area contributed by atoms with Gasteiger partial charge in [-0.3, -0.25) is 0 Å². The van der Waals surface area contributed by atoms with E-state index in [9.17, 15) is 0 Å². The predicted octanol–water partition coefficient (Wildman–Crippen LogP) is 1.95. The minimum absolute atomic E-state index is 0.484. The van der Waals surface area contributed by atoms with Crippen molar-refractivity contribution in [2.75, 3.05) is 105 Å². The molecule has 2 N–H and O–H groups in total. The van der Waals surface area contributed by atoms with Crippen LogP contribution in [0.15, 0.2) is 36.9 Å². The maximum atomic E-state index is 5.62. The molecule has 0 amide bonds. The van der Waals surface area contributed by atoms with E-state index in [4.69, 9.17) is 43.6 Å². The van der Waals surface area contributed by atoms with Gasteiger partial charge in [0.1, 0.15) is 12.4 Å². The summed E-state index contributed by atoms with van der Waals surface area (Å²) in [5.74, 6) is 0.777. The summed E-state index contributed by atoms with van der Waals surface area (Å²) in [7, 11) is 0. The maximum absolute atomic E-state index is 5.62. The third kappa shape index (κ3) is 19.0. The number of anilines is 1. The zero-order valence-electron chi connectivity index (χ0n) is 19.0. The molecule has 0 bridgehead atoms. The summed E-state index contributed by atoms with van der Waals surface area (Å²) in [6.45, 7) is 11.5.